The van der Waals surface area contributed by atoms with E-state index in [1.165, 1.54) is 6.92 Å². The number of nitrogens with one attached hydrogen (secondary N) is 1. The van der Waals surface area contributed by atoms with E-state index in [1.807, 2.05) is 11.4 Å². The molecule has 0 saturated carbocycles. The number of carboxylic acid groups (broad SMARTS) is 1. The fraction of sp³-hybridized carbons (Fsp3) is 0.250. The number of carbonyl (C=O) groups is 3. The fourth-order valence-corrected chi connectivity index (χ4v) is 1.11. The summed E-state index contributed by atoms with van der Waals surface area (Å²) in [4.78, 5) is 32.9. The van der Waals surface area contributed by atoms with E-state index in [0.717, 1.165) is 5.56 Å². The van der Waals surface area contributed by atoms with Crippen molar-refractivity contribution >= 4 is 17.8 Å². The molecule has 0 aliphatic carbocycles. The standard InChI is InChI=1S/C12H13NO5/c1-8(11(15)16)13-10(14)12(17)18-7-9-5-3-2-4-6-9/h2-6,8H,7H2,1H3,(H,13,14)(H,15,16)/t8-/m1/s1. The van der Waals surface area contributed by atoms with Gasteiger partial charge < -0.3 is 15.2 Å². The minimum absolute atomic E-state index is 0.0332. The highest BCUT2D eigenvalue weighted by atomic mass is 16.5. The molecule has 0 fully saturated rings. The maximum absolute atomic E-state index is 11.2. The quantitative estimate of drug-likeness (QED) is 0.593. The fourth-order valence-electron chi connectivity index (χ4n) is 1.11. The average Bonchev–Trinajstić information content (AvgIpc) is 2.36. The van der Waals surface area contributed by atoms with Crippen LogP contribution in [0.3, 0.4) is 0 Å². The first-order valence-corrected chi connectivity index (χ1v) is 5.25. The van der Waals surface area contributed by atoms with Gasteiger partial charge in [-0.05, 0) is 12.5 Å². The van der Waals surface area contributed by atoms with Crippen LogP contribution >= 0.6 is 0 Å². The Bertz CT molecular complexity index is 443. The maximum atomic E-state index is 11.2. The number of esters is 1. The van der Waals surface area contributed by atoms with E-state index in [1.54, 1.807) is 24.3 Å². The van der Waals surface area contributed by atoms with Crippen LogP contribution in [0.4, 0.5) is 0 Å². The molecule has 6 heteroatoms. The van der Waals surface area contributed by atoms with Crippen molar-refractivity contribution in [3.8, 4) is 0 Å². The smallest absolute Gasteiger partial charge is 0.397 e. The van der Waals surface area contributed by atoms with E-state index < -0.39 is 23.9 Å². The number of amides is 1. The Labute approximate surface area is 104 Å². The van der Waals surface area contributed by atoms with Gasteiger partial charge in [0.1, 0.15) is 12.6 Å². The Morgan fingerprint density at radius 3 is 2.44 bits per heavy atom. The van der Waals surface area contributed by atoms with Crippen LogP contribution in [0.2, 0.25) is 0 Å². The van der Waals surface area contributed by atoms with Gasteiger partial charge in [-0.2, -0.15) is 0 Å². The molecule has 1 atom stereocenters. The van der Waals surface area contributed by atoms with E-state index in [-0.39, 0.29) is 6.61 Å². The monoisotopic (exact) mass is 251 g/mol. The number of rotatable bonds is 4. The van der Waals surface area contributed by atoms with Gasteiger partial charge in [-0.3, -0.25) is 9.59 Å². The number of hydrogen-bond acceptors (Lipinski definition) is 4. The molecule has 1 rings (SSSR count). The summed E-state index contributed by atoms with van der Waals surface area (Å²) in [5.74, 6) is -3.40. The first-order chi connectivity index (χ1) is 8.50. The van der Waals surface area contributed by atoms with Gasteiger partial charge >= 0.3 is 17.8 Å². The van der Waals surface area contributed by atoms with Crippen molar-refractivity contribution in [1.29, 1.82) is 0 Å². The van der Waals surface area contributed by atoms with Crippen LogP contribution < -0.4 is 5.32 Å². The highest BCUT2D eigenvalue weighted by molar-refractivity contribution is 6.32. The van der Waals surface area contributed by atoms with Gasteiger partial charge in [-0.25, -0.2) is 4.79 Å². The maximum Gasteiger partial charge on any atom is 0.397 e. The summed E-state index contributed by atoms with van der Waals surface area (Å²) in [6.45, 7) is 1.22. The largest absolute Gasteiger partial charge is 0.480 e. The topological polar surface area (TPSA) is 92.7 Å². The lowest BCUT2D eigenvalue weighted by molar-refractivity contribution is -0.157. The highest BCUT2D eigenvalue weighted by Gasteiger charge is 2.20. The zero-order chi connectivity index (χ0) is 13.5. The van der Waals surface area contributed by atoms with Gasteiger partial charge in [0.05, 0.1) is 0 Å². The van der Waals surface area contributed by atoms with Gasteiger partial charge in [-0.15, -0.1) is 0 Å². The van der Waals surface area contributed by atoms with Crippen molar-refractivity contribution in [1.82, 2.24) is 5.32 Å². The molecule has 96 valence electrons. The lowest BCUT2D eigenvalue weighted by Gasteiger charge is -2.08. The second-order valence-electron chi connectivity index (χ2n) is 3.60. The zero-order valence-electron chi connectivity index (χ0n) is 9.75. The average molecular weight is 251 g/mol. The minimum Gasteiger partial charge on any atom is -0.480 e. The number of aliphatic carboxylic acids is 1. The van der Waals surface area contributed by atoms with E-state index >= 15 is 0 Å². The Kier molecular flexibility index (Phi) is 4.86. The Balaban J connectivity index is 2.41. The van der Waals surface area contributed by atoms with Crippen molar-refractivity contribution in [2.24, 2.45) is 0 Å². The summed E-state index contributed by atoms with van der Waals surface area (Å²) in [6.07, 6.45) is 0. The van der Waals surface area contributed by atoms with Gasteiger partial charge in [-0.1, -0.05) is 30.3 Å². The summed E-state index contributed by atoms with van der Waals surface area (Å²) >= 11 is 0. The lowest BCUT2D eigenvalue weighted by atomic mass is 10.2. The molecule has 18 heavy (non-hydrogen) atoms. The molecule has 6 nitrogen and oxygen atoms in total. The first-order valence-electron chi connectivity index (χ1n) is 5.25. The van der Waals surface area contributed by atoms with Crippen LogP contribution in [0, 0.1) is 0 Å². The van der Waals surface area contributed by atoms with Crippen molar-refractivity contribution in [3.05, 3.63) is 35.9 Å². The van der Waals surface area contributed by atoms with Gasteiger partial charge in [0.25, 0.3) is 0 Å². The zero-order valence-corrected chi connectivity index (χ0v) is 9.75. The van der Waals surface area contributed by atoms with Crippen LogP contribution in [0.15, 0.2) is 30.3 Å². The van der Waals surface area contributed by atoms with E-state index in [9.17, 15) is 14.4 Å². The van der Waals surface area contributed by atoms with Gasteiger partial charge in [0, 0.05) is 0 Å². The molecule has 0 heterocycles. The molecule has 0 bridgehead atoms. The molecule has 2 N–H and O–H groups in total. The molecular weight excluding hydrogens is 238 g/mol. The van der Waals surface area contributed by atoms with E-state index in [2.05, 4.69) is 0 Å². The number of carbonyl (C=O) groups excluding carboxylic acids is 2. The second kappa shape index (κ2) is 6.39. The molecule has 1 aromatic carbocycles. The van der Waals surface area contributed by atoms with Crippen LogP contribution in [0.5, 0.6) is 0 Å². The minimum atomic E-state index is -1.22. The third-order valence-electron chi connectivity index (χ3n) is 2.12. The highest BCUT2D eigenvalue weighted by Crippen LogP contribution is 2.00. The Morgan fingerprint density at radius 2 is 1.89 bits per heavy atom. The van der Waals surface area contributed by atoms with Crippen LogP contribution in [-0.2, 0) is 25.7 Å². The number of carboxylic acids is 1. The summed E-state index contributed by atoms with van der Waals surface area (Å²) in [6, 6.07) is 7.70. The number of ether oxygens (including phenoxy) is 1. The molecule has 0 aliphatic heterocycles. The predicted molar refractivity (Wildman–Crippen MR) is 61.5 cm³/mol. The molecule has 0 aromatic heterocycles. The molecule has 0 radical (unpaired) electrons. The van der Waals surface area contributed by atoms with Crippen molar-refractivity contribution < 1.29 is 24.2 Å². The van der Waals surface area contributed by atoms with Crippen LogP contribution in [-0.4, -0.2) is 29.0 Å². The predicted octanol–water partition coefficient (Wildman–Crippen LogP) is 0.319. The van der Waals surface area contributed by atoms with Crippen molar-refractivity contribution in [3.63, 3.8) is 0 Å². The Hall–Kier alpha value is -2.37. The van der Waals surface area contributed by atoms with Crippen molar-refractivity contribution in [2.75, 3.05) is 0 Å². The Morgan fingerprint density at radius 1 is 1.28 bits per heavy atom. The van der Waals surface area contributed by atoms with Gasteiger partial charge in [0.2, 0.25) is 0 Å². The number of hydrogen-bond donors (Lipinski definition) is 2. The van der Waals surface area contributed by atoms with E-state index in [4.69, 9.17) is 9.84 Å². The van der Waals surface area contributed by atoms with Crippen molar-refractivity contribution in [2.45, 2.75) is 19.6 Å². The summed E-state index contributed by atoms with van der Waals surface area (Å²) in [5.41, 5.74) is 0.741. The SMILES string of the molecule is C[C@@H](NC(=O)C(=O)OCc1ccccc1)C(=O)O. The molecule has 0 aliphatic rings. The third kappa shape index (κ3) is 4.25. The van der Waals surface area contributed by atoms with E-state index in [0.29, 0.717) is 0 Å². The first kappa shape index (κ1) is 13.7. The molecule has 1 amide bonds. The van der Waals surface area contributed by atoms with Crippen LogP contribution in [0.1, 0.15) is 12.5 Å². The second-order valence-corrected chi connectivity index (χ2v) is 3.60. The lowest BCUT2D eigenvalue weighted by Crippen LogP contribution is -2.42. The molecule has 0 unspecified atom stereocenters. The van der Waals surface area contributed by atoms with Crippen LogP contribution in [0.25, 0.3) is 0 Å². The molecule has 0 saturated heterocycles. The normalized spacial score (nSPS) is 11.4. The summed E-state index contributed by atoms with van der Waals surface area (Å²) in [7, 11) is 0. The molecule has 0 spiro atoms. The third-order valence-corrected chi connectivity index (χ3v) is 2.12. The summed E-state index contributed by atoms with van der Waals surface area (Å²) < 4.78 is 4.73. The molecule has 1 aromatic rings. The van der Waals surface area contributed by atoms with Gasteiger partial charge in [0.15, 0.2) is 0 Å². The molecular formula is C12H13NO5. The summed E-state index contributed by atoms with van der Waals surface area (Å²) in [5, 5.41) is 10.6. The number of benzene rings is 1.